The highest BCUT2D eigenvalue weighted by Crippen LogP contribution is 2.30. The molecule has 0 unspecified atom stereocenters. The fourth-order valence-electron chi connectivity index (χ4n) is 2.20. The molecule has 9 heteroatoms. The van der Waals surface area contributed by atoms with E-state index >= 15 is 0 Å². The molecule has 5 nitrogen and oxygen atoms in total. The van der Waals surface area contributed by atoms with Gasteiger partial charge in [0, 0.05) is 26.3 Å². The summed E-state index contributed by atoms with van der Waals surface area (Å²) in [6.45, 7) is 2.37. The summed E-state index contributed by atoms with van der Waals surface area (Å²) in [6.07, 6.45) is -0.995. The minimum Gasteiger partial charge on any atom is -0.271 e. The molecule has 24 heavy (non-hydrogen) atoms. The first kappa shape index (κ1) is 18.5. The lowest BCUT2D eigenvalue weighted by Crippen LogP contribution is -2.26. The van der Waals surface area contributed by atoms with E-state index in [9.17, 15) is 21.6 Å². The summed E-state index contributed by atoms with van der Waals surface area (Å²) >= 11 is 0. The van der Waals surface area contributed by atoms with Gasteiger partial charge in [-0.05, 0) is 18.1 Å². The summed E-state index contributed by atoms with van der Waals surface area (Å²) in [6, 6.07) is 4.62. The molecule has 0 fully saturated rings. The second-order valence-corrected chi connectivity index (χ2v) is 7.44. The third kappa shape index (κ3) is 4.15. The summed E-state index contributed by atoms with van der Waals surface area (Å²) in [5.74, 6) is 0. The Morgan fingerprint density at radius 2 is 2.00 bits per heavy atom. The molecule has 0 saturated carbocycles. The predicted octanol–water partition coefficient (Wildman–Crippen LogP) is 3.13. The van der Waals surface area contributed by atoms with Gasteiger partial charge in [0.1, 0.15) is 4.90 Å². The number of hydrogen-bond acceptors (Lipinski definition) is 3. The van der Waals surface area contributed by atoms with Gasteiger partial charge in [-0.3, -0.25) is 4.68 Å². The molecule has 0 aliphatic heterocycles. The molecule has 1 aromatic heterocycles. The second-order valence-electron chi connectivity index (χ2n) is 5.40. The Kier molecular flexibility index (Phi) is 5.34. The number of aromatic nitrogens is 2. The van der Waals surface area contributed by atoms with Crippen LogP contribution in [0.5, 0.6) is 0 Å². The third-order valence-corrected chi connectivity index (χ3v) is 5.19. The molecule has 0 bridgehead atoms. The first-order valence-electron chi connectivity index (χ1n) is 7.29. The monoisotopic (exact) mass is 361 g/mol. The van der Waals surface area contributed by atoms with Crippen LogP contribution in [0.4, 0.5) is 13.2 Å². The zero-order valence-electron chi connectivity index (χ0n) is 13.3. The van der Waals surface area contributed by atoms with Crippen molar-refractivity contribution in [2.75, 3.05) is 7.05 Å². The molecule has 0 saturated heterocycles. The second kappa shape index (κ2) is 6.94. The fraction of sp³-hybridized carbons (Fsp3) is 0.400. The van der Waals surface area contributed by atoms with Gasteiger partial charge >= 0.3 is 6.18 Å². The zero-order valence-corrected chi connectivity index (χ0v) is 14.1. The number of halogens is 3. The van der Waals surface area contributed by atoms with Crippen LogP contribution < -0.4 is 0 Å². The minimum atomic E-state index is -4.46. The maximum atomic E-state index is 12.7. The first-order chi connectivity index (χ1) is 11.1. The molecule has 1 aromatic carbocycles. The van der Waals surface area contributed by atoms with Gasteiger partial charge in [0.05, 0.1) is 11.8 Å². The first-order valence-corrected chi connectivity index (χ1v) is 8.73. The van der Waals surface area contributed by atoms with Gasteiger partial charge in [0.2, 0.25) is 10.0 Å². The normalized spacial score (nSPS) is 12.8. The van der Waals surface area contributed by atoms with E-state index in [4.69, 9.17) is 0 Å². The molecule has 132 valence electrons. The van der Waals surface area contributed by atoms with E-state index in [2.05, 4.69) is 5.10 Å². The van der Waals surface area contributed by atoms with E-state index in [0.717, 1.165) is 22.9 Å². The molecular weight excluding hydrogens is 343 g/mol. The maximum absolute atomic E-state index is 12.7. The highest BCUT2D eigenvalue weighted by molar-refractivity contribution is 7.89. The zero-order chi connectivity index (χ0) is 18.0. The molecule has 0 aliphatic rings. The highest BCUT2D eigenvalue weighted by Gasteiger charge is 2.31. The molecule has 1 heterocycles. The molecule has 0 atom stereocenters. The van der Waals surface area contributed by atoms with E-state index in [1.165, 1.54) is 36.3 Å². The smallest absolute Gasteiger partial charge is 0.271 e. The van der Waals surface area contributed by atoms with E-state index in [-0.39, 0.29) is 17.0 Å². The summed E-state index contributed by atoms with van der Waals surface area (Å²) < 4.78 is 65.7. The molecular formula is C15H18F3N3O2S. The van der Waals surface area contributed by atoms with Crippen molar-refractivity contribution in [2.45, 2.75) is 37.5 Å². The van der Waals surface area contributed by atoms with Crippen molar-refractivity contribution in [3.05, 3.63) is 47.8 Å². The standard InChI is InChI=1S/C15H18F3N3O2S/c1-3-7-21-11-14(9-19-21)24(22,23)20(2)10-12-5-4-6-13(8-12)15(16,17)18/h4-6,8-9,11H,3,7,10H2,1-2H3. The largest absolute Gasteiger partial charge is 0.416 e. The van der Waals surface area contributed by atoms with Crippen LogP contribution in [0.15, 0.2) is 41.6 Å². The Hall–Kier alpha value is -1.87. The molecule has 2 rings (SSSR count). The average molecular weight is 361 g/mol. The Morgan fingerprint density at radius 1 is 1.29 bits per heavy atom. The lowest BCUT2D eigenvalue weighted by Gasteiger charge is -2.17. The Bertz CT molecular complexity index is 800. The van der Waals surface area contributed by atoms with E-state index < -0.39 is 21.8 Å². The molecule has 2 aromatic rings. The Labute approximate surface area is 138 Å². The van der Waals surface area contributed by atoms with Crippen LogP contribution in [0, 0.1) is 0 Å². The van der Waals surface area contributed by atoms with Crippen molar-refractivity contribution in [3.8, 4) is 0 Å². The molecule has 0 aliphatic carbocycles. The number of aryl methyl sites for hydroxylation is 1. The van der Waals surface area contributed by atoms with Crippen LogP contribution in [0.3, 0.4) is 0 Å². The fourth-order valence-corrected chi connectivity index (χ4v) is 3.31. The lowest BCUT2D eigenvalue weighted by molar-refractivity contribution is -0.137. The van der Waals surface area contributed by atoms with Gasteiger partial charge in [-0.1, -0.05) is 25.1 Å². The molecule has 0 amide bonds. The summed E-state index contributed by atoms with van der Waals surface area (Å²) in [4.78, 5) is 0.0189. The van der Waals surface area contributed by atoms with Crippen LogP contribution in [0.2, 0.25) is 0 Å². The van der Waals surface area contributed by atoms with Crippen molar-refractivity contribution >= 4 is 10.0 Å². The van der Waals surface area contributed by atoms with Gasteiger partial charge in [0.25, 0.3) is 0 Å². The average Bonchev–Trinajstić information content (AvgIpc) is 2.96. The molecule has 0 radical (unpaired) electrons. The van der Waals surface area contributed by atoms with Crippen LogP contribution >= 0.6 is 0 Å². The molecule has 0 N–H and O–H groups in total. The van der Waals surface area contributed by atoms with Crippen LogP contribution in [-0.4, -0.2) is 29.6 Å². The van der Waals surface area contributed by atoms with Crippen LogP contribution in [0.25, 0.3) is 0 Å². The number of hydrogen-bond donors (Lipinski definition) is 0. The van der Waals surface area contributed by atoms with Crippen molar-refractivity contribution < 1.29 is 21.6 Å². The van der Waals surface area contributed by atoms with Crippen LogP contribution in [-0.2, 0) is 29.3 Å². The number of rotatable bonds is 6. The van der Waals surface area contributed by atoms with E-state index in [1.807, 2.05) is 6.92 Å². The van der Waals surface area contributed by atoms with Crippen molar-refractivity contribution in [2.24, 2.45) is 0 Å². The van der Waals surface area contributed by atoms with E-state index in [1.54, 1.807) is 0 Å². The van der Waals surface area contributed by atoms with Gasteiger partial charge in [-0.2, -0.15) is 22.6 Å². The van der Waals surface area contributed by atoms with Crippen molar-refractivity contribution in [3.63, 3.8) is 0 Å². The topological polar surface area (TPSA) is 55.2 Å². The van der Waals surface area contributed by atoms with Gasteiger partial charge in [0.15, 0.2) is 0 Å². The number of benzene rings is 1. The number of nitrogens with zero attached hydrogens (tertiary/aromatic N) is 3. The highest BCUT2D eigenvalue weighted by atomic mass is 32.2. The van der Waals surface area contributed by atoms with Gasteiger partial charge < -0.3 is 0 Å². The Morgan fingerprint density at radius 3 is 2.62 bits per heavy atom. The maximum Gasteiger partial charge on any atom is 0.416 e. The minimum absolute atomic E-state index is 0.0189. The quantitative estimate of drug-likeness (QED) is 0.794. The number of alkyl halides is 3. The number of sulfonamides is 1. The third-order valence-electron chi connectivity index (χ3n) is 3.43. The summed E-state index contributed by atoms with van der Waals surface area (Å²) in [7, 11) is -2.49. The summed E-state index contributed by atoms with van der Waals surface area (Å²) in [5, 5.41) is 3.97. The summed E-state index contributed by atoms with van der Waals surface area (Å²) in [5.41, 5.74) is -0.543. The van der Waals surface area contributed by atoms with Crippen LogP contribution in [0.1, 0.15) is 24.5 Å². The van der Waals surface area contributed by atoms with Crippen molar-refractivity contribution in [1.29, 1.82) is 0 Å². The SMILES string of the molecule is CCCn1cc(S(=O)(=O)N(C)Cc2cccc(C(F)(F)F)c2)cn1. The molecule has 0 spiro atoms. The van der Waals surface area contributed by atoms with Gasteiger partial charge in [-0.25, -0.2) is 8.42 Å². The van der Waals surface area contributed by atoms with Gasteiger partial charge in [-0.15, -0.1) is 0 Å². The predicted molar refractivity (Wildman–Crippen MR) is 82.6 cm³/mol. The van der Waals surface area contributed by atoms with Crippen molar-refractivity contribution in [1.82, 2.24) is 14.1 Å². The Balaban J connectivity index is 2.20. The lowest BCUT2D eigenvalue weighted by atomic mass is 10.1. The van der Waals surface area contributed by atoms with E-state index in [0.29, 0.717) is 6.54 Å².